The fourth-order valence-corrected chi connectivity index (χ4v) is 2.88. The van der Waals surface area contributed by atoms with E-state index in [0.29, 0.717) is 32.6 Å². The van der Waals surface area contributed by atoms with E-state index in [2.05, 4.69) is 5.32 Å². The van der Waals surface area contributed by atoms with Crippen LogP contribution in [0.2, 0.25) is 10.0 Å². The molecule has 0 saturated heterocycles. The fraction of sp³-hybridized carbons (Fsp3) is 0.0526. The molecule has 1 amide bonds. The lowest BCUT2D eigenvalue weighted by Gasteiger charge is -2.09. The minimum Gasteiger partial charge on any atom is -0.478 e. The molecule has 0 fully saturated rings. The van der Waals surface area contributed by atoms with Gasteiger partial charge in [-0.1, -0.05) is 35.3 Å². The molecule has 0 unspecified atom stereocenters. The minimum absolute atomic E-state index is 0.0659. The summed E-state index contributed by atoms with van der Waals surface area (Å²) in [5, 5.41) is 12.5. The third-order valence-electron chi connectivity index (χ3n) is 3.86. The van der Waals surface area contributed by atoms with Crippen molar-refractivity contribution >= 4 is 40.8 Å². The van der Waals surface area contributed by atoms with E-state index in [4.69, 9.17) is 32.7 Å². The number of benzene rings is 2. The largest absolute Gasteiger partial charge is 0.478 e. The summed E-state index contributed by atoms with van der Waals surface area (Å²) in [6, 6.07) is 12.9. The lowest BCUT2D eigenvalue weighted by atomic mass is 10.1. The van der Waals surface area contributed by atoms with Gasteiger partial charge in [0, 0.05) is 11.3 Å². The van der Waals surface area contributed by atoms with E-state index >= 15 is 0 Å². The molecular formula is C19H13Cl2NO4. The van der Waals surface area contributed by atoms with E-state index in [0.717, 1.165) is 0 Å². The number of hydrogen-bond acceptors (Lipinski definition) is 3. The Morgan fingerprint density at radius 2 is 1.77 bits per heavy atom. The molecule has 0 radical (unpaired) electrons. The lowest BCUT2D eigenvalue weighted by molar-refractivity contribution is 0.0695. The quantitative estimate of drug-likeness (QED) is 0.616. The van der Waals surface area contributed by atoms with Crippen molar-refractivity contribution in [1.82, 2.24) is 0 Å². The third kappa shape index (κ3) is 3.45. The highest BCUT2D eigenvalue weighted by molar-refractivity contribution is 6.43. The molecule has 0 aliphatic heterocycles. The Hall–Kier alpha value is -2.76. The van der Waals surface area contributed by atoms with Crippen LogP contribution in [-0.2, 0) is 0 Å². The zero-order chi connectivity index (χ0) is 18.8. The number of nitrogens with one attached hydrogen (secondary N) is 1. The number of amides is 1. The molecule has 5 nitrogen and oxygen atoms in total. The smallest absolute Gasteiger partial charge is 0.336 e. The first-order valence-corrected chi connectivity index (χ1v) is 8.32. The molecule has 0 aliphatic rings. The predicted octanol–water partition coefficient (Wildman–Crippen LogP) is 5.51. The number of anilines is 1. The van der Waals surface area contributed by atoms with Gasteiger partial charge in [-0.3, -0.25) is 4.79 Å². The average Bonchev–Trinajstić information content (AvgIpc) is 3.09. The number of halogens is 2. The van der Waals surface area contributed by atoms with E-state index in [1.165, 1.54) is 12.1 Å². The van der Waals surface area contributed by atoms with Crippen LogP contribution in [0.4, 0.5) is 5.69 Å². The van der Waals surface area contributed by atoms with Crippen molar-refractivity contribution in [3.63, 3.8) is 0 Å². The van der Waals surface area contributed by atoms with Crippen LogP contribution in [0.1, 0.15) is 26.5 Å². The lowest BCUT2D eigenvalue weighted by Crippen LogP contribution is -2.13. The summed E-state index contributed by atoms with van der Waals surface area (Å²) in [4.78, 5) is 23.6. The summed E-state index contributed by atoms with van der Waals surface area (Å²) in [6.45, 7) is 1.62. The molecule has 3 rings (SSSR count). The number of hydrogen-bond donors (Lipinski definition) is 2. The Labute approximate surface area is 159 Å². The molecule has 0 aliphatic carbocycles. The van der Waals surface area contributed by atoms with Crippen LogP contribution >= 0.6 is 23.2 Å². The maximum absolute atomic E-state index is 12.4. The van der Waals surface area contributed by atoms with Gasteiger partial charge in [0.15, 0.2) is 5.76 Å². The van der Waals surface area contributed by atoms with E-state index in [9.17, 15) is 9.59 Å². The van der Waals surface area contributed by atoms with Gasteiger partial charge in [0.05, 0.1) is 15.6 Å². The molecule has 3 aromatic rings. The van der Waals surface area contributed by atoms with Gasteiger partial charge in [-0.05, 0) is 48.9 Å². The second-order valence-electron chi connectivity index (χ2n) is 5.50. The number of furan rings is 1. The van der Waals surface area contributed by atoms with Gasteiger partial charge in [0.1, 0.15) is 5.76 Å². The highest BCUT2D eigenvalue weighted by Crippen LogP contribution is 2.34. The van der Waals surface area contributed by atoms with Crippen molar-refractivity contribution in [3.8, 4) is 11.3 Å². The average molecular weight is 390 g/mol. The summed E-state index contributed by atoms with van der Waals surface area (Å²) in [5.74, 6) is -1.09. The molecule has 132 valence electrons. The molecule has 0 spiro atoms. The van der Waals surface area contributed by atoms with Crippen LogP contribution in [0.25, 0.3) is 11.3 Å². The van der Waals surface area contributed by atoms with Gasteiger partial charge < -0.3 is 14.8 Å². The maximum Gasteiger partial charge on any atom is 0.336 e. The van der Waals surface area contributed by atoms with Crippen molar-refractivity contribution in [3.05, 3.63) is 75.5 Å². The van der Waals surface area contributed by atoms with E-state index < -0.39 is 11.9 Å². The topological polar surface area (TPSA) is 79.5 Å². The normalized spacial score (nSPS) is 10.6. The minimum atomic E-state index is -1.06. The molecule has 26 heavy (non-hydrogen) atoms. The highest BCUT2D eigenvalue weighted by atomic mass is 35.5. The molecule has 7 heteroatoms. The van der Waals surface area contributed by atoms with Crippen LogP contribution in [0, 0.1) is 6.92 Å². The van der Waals surface area contributed by atoms with Crippen LogP contribution < -0.4 is 5.32 Å². The standard InChI is InChI=1S/C19H13Cl2NO4/c1-10-11(19(24)25)4-3-7-14(10)22-18(23)16-9-8-15(26-16)12-5-2-6-13(20)17(12)21/h2-9H,1H3,(H,22,23)(H,24,25). The predicted molar refractivity (Wildman–Crippen MR) is 100 cm³/mol. The number of rotatable bonds is 4. The van der Waals surface area contributed by atoms with E-state index in [-0.39, 0.29) is 11.3 Å². The van der Waals surface area contributed by atoms with E-state index in [1.807, 2.05) is 0 Å². The molecule has 0 atom stereocenters. The SMILES string of the molecule is Cc1c(NC(=O)c2ccc(-c3cccc(Cl)c3Cl)o2)cccc1C(=O)O. The monoisotopic (exact) mass is 389 g/mol. The Morgan fingerprint density at radius 1 is 1.04 bits per heavy atom. The van der Waals surface area contributed by atoms with Crippen LogP contribution in [0.15, 0.2) is 52.9 Å². The Balaban J connectivity index is 1.87. The second-order valence-corrected chi connectivity index (χ2v) is 6.29. The van der Waals surface area contributed by atoms with Gasteiger partial charge >= 0.3 is 5.97 Å². The van der Waals surface area contributed by atoms with Gasteiger partial charge in [-0.15, -0.1) is 0 Å². The fourth-order valence-electron chi connectivity index (χ4n) is 2.49. The van der Waals surface area contributed by atoms with E-state index in [1.54, 1.807) is 43.3 Å². The summed E-state index contributed by atoms with van der Waals surface area (Å²) >= 11 is 12.2. The van der Waals surface area contributed by atoms with Gasteiger partial charge in [-0.25, -0.2) is 4.79 Å². The Bertz CT molecular complexity index is 1010. The molecule has 0 saturated carbocycles. The molecular weight excluding hydrogens is 377 g/mol. The number of carbonyl (C=O) groups excluding carboxylic acids is 1. The number of carboxylic acids is 1. The highest BCUT2D eigenvalue weighted by Gasteiger charge is 2.17. The molecule has 0 bridgehead atoms. The number of carbonyl (C=O) groups is 2. The summed E-state index contributed by atoms with van der Waals surface area (Å²) in [6.07, 6.45) is 0. The number of aromatic carboxylic acids is 1. The molecule has 2 N–H and O–H groups in total. The van der Waals surface area contributed by atoms with Crippen molar-refractivity contribution in [2.45, 2.75) is 6.92 Å². The van der Waals surface area contributed by atoms with Crippen molar-refractivity contribution in [2.24, 2.45) is 0 Å². The second kappa shape index (κ2) is 7.23. The van der Waals surface area contributed by atoms with Gasteiger partial charge in [0.2, 0.25) is 0 Å². The molecule has 1 heterocycles. The first-order valence-electron chi connectivity index (χ1n) is 7.57. The first kappa shape index (κ1) is 18.0. The molecule has 1 aromatic heterocycles. The van der Waals surface area contributed by atoms with Crippen molar-refractivity contribution in [2.75, 3.05) is 5.32 Å². The first-order chi connectivity index (χ1) is 12.4. The van der Waals surface area contributed by atoms with Crippen LogP contribution in [-0.4, -0.2) is 17.0 Å². The van der Waals surface area contributed by atoms with Crippen molar-refractivity contribution in [1.29, 1.82) is 0 Å². The van der Waals surface area contributed by atoms with Gasteiger partial charge in [-0.2, -0.15) is 0 Å². The number of carboxylic acid groups (broad SMARTS) is 1. The Morgan fingerprint density at radius 3 is 2.50 bits per heavy atom. The molecule has 2 aromatic carbocycles. The van der Waals surface area contributed by atoms with Crippen molar-refractivity contribution < 1.29 is 19.1 Å². The summed E-state index contributed by atoms with van der Waals surface area (Å²) in [5.41, 5.74) is 1.54. The summed E-state index contributed by atoms with van der Waals surface area (Å²) in [7, 11) is 0. The summed E-state index contributed by atoms with van der Waals surface area (Å²) < 4.78 is 5.59. The Kier molecular flexibility index (Phi) is 5.02. The maximum atomic E-state index is 12.4. The van der Waals surface area contributed by atoms with Crippen LogP contribution in [0.3, 0.4) is 0 Å². The van der Waals surface area contributed by atoms with Gasteiger partial charge in [0.25, 0.3) is 5.91 Å². The van der Waals surface area contributed by atoms with Crippen LogP contribution in [0.5, 0.6) is 0 Å². The third-order valence-corrected chi connectivity index (χ3v) is 4.68. The zero-order valence-electron chi connectivity index (χ0n) is 13.5. The zero-order valence-corrected chi connectivity index (χ0v) is 15.1.